The lowest BCUT2D eigenvalue weighted by atomic mass is 9.93. The zero-order valence-corrected chi connectivity index (χ0v) is 20.0. The van der Waals surface area contributed by atoms with Crippen LogP contribution in [0.15, 0.2) is 11.6 Å². The topological polar surface area (TPSA) is 67.8 Å². The number of ether oxygens (including phenoxy) is 1. The molecule has 1 aliphatic carbocycles. The average molecular weight is 400 g/mol. The Kier molecular flexibility index (Phi) is 7.76. The Balaban J connectivity index is 3.02. The van der Waals surface area contributed by atoms with Crippen LogP contribution >= 0.6 is 0 Å². The first-order valence-corrected chi connectivity index (χ1v) is 13.0. The van der Waals surface area contributed by atoms with E-state index in [-0.39, 0.29) is 17.1 Å². The number of amides is 1. The highest BCUT2D eigenvalue weighted by Crippen LogP contribution is 2.39. The highest BCUT2D eigenvalue weighted by atomic mass is 28.4. The van der Waals surface area contributed by atoms with Gasteiger partial charge in [0.1, 0.15) is 5.60 Å². The molecule has 6 heteroatoms. The number of aliphatic hydroxyl groups is 1. The molecule has 0 saturated carbocycles. The molecule has 0 aromatic heterocycles. The summed E-state index contributed by atoms with van der Waals surface area (Å²) in [6.07, 6.45) is 2.16. The standard InChI is InChI=1S/C21H41NO4Si/c1-14(2)16-12-11-15(26-27(9,10)21(6,7)8)13-17(18(16)23)22-19(24)25-20(3,4)5/h12,14-15,17-18,23H,11,13H2,1-10H3,(H,22,24)/t15-,17-,18+/m1/s1. The molecule has 1 rings (SSSR count). The van der Waals surface area contributed by atoms with Gasteiger partial charge in [-0.05, 0) is 63.2 Å². The Labute approximate surface area is 167 Å². The Morgan fingerprint density at radius 1 is 1.22 bits per heavy atom. The molecule has 5 nitrogen and oxygen atoms in total. The number of alkyl carbamates (subject to hydrolysis) is 1. The Bertz CT molecular complexity index is 543. The highest BCUT2D eigenvalue weighted by Gasteiger charge is 2.41. The van der Waals surface area contributed by atoms with Crippen molar-refractivity contribution in [1.82, 2.24) is 5.32 Å². The van der Waals surface area contributed by atoms with Crippen molar-refractivity contribution in [3.63, 3.8) is 0 Å². The van der Waals surface area contributed by atoms with Crippen molar-refractivity contribution >= 4 is 14.4 Å². The molecule has 2 N–H and O–H groups in total. The molecule has 0 bridgehead atoms. The van der Waals surface area contributed by atoms with Gasteiger partial charge in [-0.25, -0.2) is 4.79 Å². The minimum absolute atomic E-state index is 0.0308. The third-order valence-corrected chi connectivity index (χ3v) is 10.0. The van der Waals surface area contributed by atoms with E-state index in [1.54, 1.807) is 0 Å². The van der Waals surface area contributed by atoms with E-state index in [1.165, 1.54) is 0 Å². The summed E-state index contributed by atoms with van der Waals surface area (Å²) in [4.78, 5) is 12.3. The minimum Gasteiger partial charge on any atom is -0.444 e. The second kappa shape index (κ2) is 8.66. The summed E-state index contributed by atoms with van der Waals surface area (Å²) in [5.74, 6) is 0.203. The molecule has 0 heterocycles. The number of nitrogens with one attached hydrogen (secondary N) is 1. The van der Waals surface area contributed by atoms with E-state index in [0.717, 1.165) is 12.0 Å². The number of hydrogen-bond donors (Lipinski definition) is 2. The lowest BCUT2D eigenvalue weighted by Gasteiger charge is -2.39. The lowest BCUT2D eigenvalue weighted by molar-refractivity contribution is 0.0407. The molecule has 0 fully saturated rings. The van der Waals surface area contributed by atoms with Gasteiger partial charge >= 0.3 is 6.09 Å². The van der Waals surface area contributed by atoms with Gasteiger partial charge in [0.25, 0.3) is 0 Å². The molecule has 27 heavy (non-hydrogen) atoms. The van der Waals surface area contributed by atoms with Crippen molar-refractivity contribution in [2.45, 2.75) is 110 Å². The molecule has 0 radical (unpaired) electrons. The van der Waals surface area contributed by atoms with Crippen LogP contribution in [0, 0.1) is 5.92 Å². The van der Waals surface area contributed by atoms with Gasteiger partial charge in [-0.2, -0.15) is 0 Å². The van der Waals surface area contributed by atoms with Gasteiger partial charge in [0, 0.05) is 0 Å². The van der Waals surface area contributed by atoms with Gasteiger partial charge in [-0.1, -0.05) is 40.7 Å². The fourth-order valence-corrected chi connectivity index (χ4v) is 4.37. The summed E-state index contributed by atoms with van der Waals surface area (Å²) in [5.41, 5.74) is 0.380. The van der Waals surface area contributed by atoms with Gasteiger partial charge < -0.3 is 19.6 Å². The van der Waals surface area contributed by atoms with E-state index < -0.39 is 32.2 Å². The van der Waals surface area contributed by atoms with E-state index in [1.807, 2.05) is 20.8 Å². The number of hydrogen-bond acceptors (Lipinski definition) is 4. The van der Waals surface area contributed by atoms with E-state index >= 15 is 0 Å². The fraction of sp³-hybridized carbons (Fsp3) is 0.857. The second-order valence-electron chi connectivity index (χ2n) is 10.5. The van der Waals surface area contributed by atoms with Crippen LogP contribution in [-0.2, 0) is 9.16 Å². The number of carbonyl (C=O) groups excluding carboxylic acids is 1. The van der Waals surface area contributed by atoms with Crippen LogP contribution in [0.5, 0.6) is 0 Å². The van der Waals surface area contributed by atoms with E-state index in [2.05, 4.69) is 59.1 Å². The molecule has 1 aliphatic rings. The smallest absolute Gasteiger partial charge is 0.407 e. The quantitative estimate of drug-likeness (QED) is 0.515. The number of aliphatic hydroxyl groups excluding tert-OH is 1. The molecule has 0 aromatic rings. The summed E-state index contributed by atoms with van der Waals surface area (Å²) in [6.45, 7) is 20.7. The van der Waals surface area contributed by atoms with Crippen LogP contribution in [0.3, 0.4) is 0 Å². The fourth-order valence-electron chi connectivity index (χ4n) is 2.99. The molecule has 0 aliphatic heterocycles. The van der Waals surface area contributed by atoms with Crippen LogP contribution in [0.2, 0.25) is 18.1 Å². The van der Waals surface area contributed by atoms with E-state index in [0.29, 0.717) is 6.42 Å². The Hall–Kier alpha value is -0.853. The van der Waals surface area contributed by atoms with Crippen molar-refractivity contribution < 1.29 is 19.1 Å². The normalized spacial score (nSPS) is 25.0. The van der Waals surface area contributed by atoms with Crippen molar-refractivity contribution in [3.8, 4) is 0 Å². The Morgan fingerprint density at radius 3 is 2.22 bits per heavy atom. The van der Waals surface area contributed by atoms with Crippen molar-refractivity contribution in [3.05, 3.63) is 11.6 Å². The third-order valence-electron chi connectivity index (χ3n) is 5.49. The Morgan fingerprint density at radius 2 is 1.78 bits per heavy atom. The molecular formula is C21H41NO4Si. The monoisotopic (exact) mass is 399 g/mol. The lowest BCUT2D eigenvalue weighted by Crippen LogP contribution is -2.49. The molecule has 0 unspecified atom stereocenters. The summed E-state index contributed by atoms with van der Waals surface area (Å²) < 4.78 is 12.0. The largest absolute Gasteiger partial charge is 0.444 e. The third kappa shape index (κ3) is 7.24. The predicted molar refractivity (Wildman–Crippen MR) is 113 cm³/mol. The average Bonchev–Trinajstić information content (AvgIpc) is 2.55. The summed E-state index contributed by atoms with van der Waals surface area (Å²) >= 11 is 0. The maximum Gasteiger partial charge on any atom is 0.407 e. The molecule has 0 aromatic carbocycles. The predicted octanol–water partition coefficient (Wildman–Crippen LogP) is 5.01. The molecule has 158 valence electrons. The van der Waals surface area contributed by atoms with Gasteiger partial charge in [0.2, 0.25) is 0 Å². The maximum absolute atomic E-state index is 12.3. The SMILES string of the molecule is CC(C)C1=CC[C@@H](O[Si](C)(C)C(C)(C)C)C[C@@H](NC(=O)OC(C)(C)C)[C@H]1O. The van der Waals surface area contributed by atoms with Crippen LogP contribution < -0.4 is 5.32 Å². The van der Waals surface area contributed by atoms with Gasteiger partial charge in [0.05, 0.1) is 18.2 Å². The van der Waals surface area contributed by atoms with E-state index in [9.17, 15) is 9.90 Å². The van der Waals surface area contributed by atoms with Gasteiger partial charge in [-0.3, -0.25) is 0 Å². The zero-order valence-electron chi connectivity index (χ0n) is 19.0. The molecule has 0 spiro atoms. The summed E-state index contributed by atoms with van der Waals surface area (Å²) in [6, 6.07) is -0.425. The first-order chi connectivity index (χ1) is 12.0. The zero-order chi connectivity index (χ0) is 21.2. The summed E-state index contributed by atoms with van der Waals surface area (Å²) in [5, 5.41) is 13.9. The highest BCUT2D eigenvalue weighted by molar-refractivity contribution is 6.74. The molecular weight excluding hydrogens is 358 g/mol. The minimum atomic E-state index is -1.95. The van der Waals surface area contributed by atoms with Gasteiger partial charge in [0.15, 0.2) is 8.32 Å². The van der Waals surface area contributed by atoms with Crippen LogP contribution in [0.25, 0.3) is 0 Å². The van der Waals surface area contributed by atoms with Crippen molar-refractivity contribution in [2.75, 3.05) is 0 Å². The van der Waals surface area contributed by atoms with Gasteiger partial charge in [-0.15, -0.1) is 0 Å². The van der Waals surface area contributed by atoms with Crippen molar-refractivity contribution in [1.29, 1.82) is 0 Å². The van der Waals surface area contributed by atoms with Crippen LogP contribution in [-0.4, -0.2) is 43.4 Å². The number of rotatable bonds is 4. The molecule has 3 atom stereocenters. The van der Waals surface area contributed by atoms with Crippen LogP contribution in [0.4, 0.5) is 4.79 Å². The second-order valence-corrected chi connectivity index (χ2v) is 15.3. The van der Waals surface area contributed by atoms with Crippen molar-refractivity contribution in [2.24, 2.45) is 5.92 Å². The molecule has 1 amide bonds. The molecule has 0 saturated heterocycles. The first kappa shape index (κ1) is 24.2. The summed E-state index contributed by atoms with van der Waals surface area (Å²) in [7, 11) is -1.95. The number of carbonyl (C=O) groups is 1. The van der Waals surface area contributed by atoms with E-state index in [4.69, 9.17) is 9.16 Å². The first-order valence-electron chi connectivity index (χ1n) is 10.1. The maximum atomic E-state index is 12.3. The van der Waals surface area contributed by atoms with Crippen LogP contribution in [0.1, 0.15) is 68.2 Å².